The van der Waals surface area contributed by atoms with Gasteiger partial charge in [0, 0.05) is 19.2 Å². The van der Waals surface area contributed by atoms with E-state index in [0.717, 1.165) is 0 Å². The van der Waals surface area contributed by atoms with Crippen LogP contribution in [0.4, 0.5) is 11.4 Å². The van der Waals surface area contributed by atoms with E-state index in [2.05, 4.69) is 15.5 Å². The first-order valence-corrected chi connectivity index (χ1v) is 9.27. The Morgan fingerprint density at radius 1 is 1.44 bits per heavy atom. The molecule has 3 rings (SSSR count). The van der Waals surface area contributed by atoms with E-state index in [0.29, 0.717) is 36.0 Å². The van der Waals surface area contributed by atoms with Crippen molar-refractivity contribution in [3.8, 4) is 5.75 Å². The molecule has 1 aromatic heterocycles. The highest BCUT2D eigenvalue weighted by molar-refractivity contribution is 7.93. The Kier molecular flexibility index (Phi) is 4.62. The number of methoxy groups -OCH3 is 1. The summed E-state index contributed by atoms with van der Waals surface area (Å²) in [6, 6.07) is 4.85. The molecule has 0 radical (unpaired) electrons. The third kappa shape index (κ3) is 3.73. The number of hydrogen-bond donors (Lipinski definition) is 1. The van der Waals surface area contributed by atoms with Crippen molar-refractivity contribution in [2.45, 2.75) is 19.8 Å². The van der Waals surface area contributed by atoms with Gasteiger partial charge in [-0.25, -0.2) is 8.42 Å². The largest absolute Gasteiger partial charge is 0.495 e. The van der Waals surface area contributed by atoms with Crippen LogP contribution >= 0.6 is 0 Å². The Hall–Kier alpha value is -2.62. The summed E-state index contributed by atoms with van der Waals surface area (Å²) in [5, 5.41) is 6.37. The lowest BCUT2D eigenvalue weighted by atomic mass is 10.2. The molecule has 0 saturated carbocycles. The molecule has 0 unspecified atom stereocenters. The summed E-state index contributed by atoms with van der Waals surface area (Å²) in [6.45, 7) is 2.03. The molecule has 1 amide bonds. The zero-order chi connectivity index (χ0) is 18.0. The number of ether oxygens (including phenoxy) is 1. The van der Waals surface area contributed by atoms with Gasteiger partial charge in [-0.1, -0.05) is 5.16 Å². The minimum Gasteiger partial charge on any atom is -0.495 e. The van der Waals surface area contributed by atoms with E-state index in [1.165, 1.54) is 11.4 Å². The van der Waals surface area contributed by atoms with E-state index in [9.17, 15) is 13.2 Å². The van der Waals surface area contributed by atoms with Gasteiger partial charge in [-0.2, -0.15) is 4.98 Å². The molecule has 0 aliphatic carbocycles. The number of aryl methyl sites for hydroxylation is 1. The topological polar surface area (TPSA) is 115 Å². The van der Waals surface area contributed by atoms with Crippen LogP contribution in [0.2, 0.25) is 0 Å². The van der Waals surface area contributed by atoms with Crippen molar-refractivity contribution in [2.24, 2.45) is 0 Å². The third-order valence-electron chi connectivity index (χ3n) is 3.72. The van der Waals surface area contributed by atoms with E-state index in [1.54, 1.807) is 25.1 Å². The Balaban J connectivity index is 1.80. The van der Waals surface area contributed by atoms with Crippen LogP contribution in [0.5, 0.6) is 5.75 Å². The van der Waals surface area contributed by atoms with Crippen LogP contribution in [0.15, 0.2) is 22.7 Å². The van der Waals surface area contributed by atoms with Crippen molar-refractivity contribution >= 4 is 27.3 Å². The van der Waals surface area contributed by atoms with Gasteiger partial charge in [0.25, 0.3) is 0 Å². The number of benzene rings is 1. The quantitative estimate of drug-likeness (QED) is 0.843. The number of nitrogens with one attached hydrogen (secondary N) is 1. The van der Waals surface area contributed by atoms with Gasteiger partial charge in [-0.15, -0.1) is 0 Å². The maximum absolute atomic E-state index is 12.2. The van der Waals surface area contributed by atoms with Crippen molar-refractivity contribution in [1.82, 2.24) is 10.1 Å². The number of carbonyl (C=O) groups excluding carboxylic acids is 1. The van der Waals surface area contributed by atoms with Crippen molar-refractivity contribution in [3.05, 3.63) is 29.9 Å². The molecule has 1 aromatic carbocycles. The summed E-state index contributed by atoms with van der Waals surface area (Å²) in [5.74, 6) is 0.863. The number of aromatic nitrogens is 2. The fraction of sp³-hybridized carbons (Fsp3) is 0.400. The molecule has 0 spiro atoms. The molecule has 0 bridgehead atoms. The standard InChI is InChI=1S/C15H18N4O5S/c1-10-16-14(18-24-10)9-15(20)17-11-4-5-13(23-2)12(8-11)19-6-3-7-25(19,21)22/h4-5,8H,3,6-7,9H2,1-2H3,(H,17,20). The van der Waals surface area contributed by atoms with Gasteiger partial charge in [-0.3, -0.25) is 9.10 Å². The van der Waals surface area contributed by atoms with Crippen LogP contribution in [0, 0.1) is 6.92 Å². The van der Waals surface area contributed by atoms with Gasteiger partial charge in [0.15, 0.2) is 5.82 Å². The van der Waals surface area contributed by atoms with E-state index < -0.39 is 10.0 Å². The van der Waals surface area contributed by atoms with Gasteiger partial charge in [0.1, 0.15) is 5.75 Å². The fourth-order valence-electron chi connectivity index (χ4n) is 2.63. The van der Waals surface area contributed by atoms with Gasteiger partial charge in [-0.05, 0) is 24.6 Å². The molecule has 134 valence electrons. The molecule has 2 aromatic rings. The molecule has 2 heterocycles. The fourth-order valence-corrected chi connectivity index (χ4v) is 4.20. The number of amides is 1. The molecule has 0 atom stereocenters. The van der Waals surface area contributed by atoms with Crippen LogP contribution < -0.4 is 14.4 Å². The zero-order valence-corrected chi connectivity index (χ0v) is 14.7. The Morgan fingerprint density at radius 3 is 2.84 bits per heavy atom. The Labute approximate surface area is 145 Å². The lowest BCUT2D eigenvalue weighted by Crippen LogP contribution is -2.25. The highest BCUT2D eigenvalue weighted by Crippen LogP contribution is 2.35. The van der Waals surface area contributed by atoms with Crippen LogP contribution in [0.25, 0.3) is 0 Å². The number of carbonyl (C=O) groups is 1. The molecular weight excluding hydrogens is 348 g/mol. The normalized spacial score (nSPS) is 16.0. The maximum Gasteiger partial charge on any atom is 0.235 e. The van der Waals surface area contributed by atoms with Gasteiger partial charge >= 0.3 is 0 Å². The predicted octanol–water partition coefficient (Wildman–Crippen LogP) is 1.11. The Morgan fingerprint density at radius 2 is 2.24 bits per heavy atom. The molecule has 1 N–H and O–H groups in total. The lowest BCUT2D eigenvalue weighted by molar-refractivity contribution is -0.115. The van der Waals surface area contributed by atoms with Crippen molar-refractivity contribution < 1.29 is 22.5 Å². The van der Waals surface area contributed by atoms with Gasteiger partial charge < -0.3 is 14.6 Å². The highest BCUT2D eigenvalue weighted by atomic mass is 32.2. The summed E-state index contributed by atoms with van der Waals surface area (Å²) >= 11 is 0. The number of rotatable bonds is 5. The monoisotopic (exact) mass is 366 g/mol. The first kappa shape index (κ1) is 17.2. The first-order valence-electron chi connectivity index (χ1n) is 7.66. The predicted molar refractivity (Wildman–Crippen MR) is 90.1 cm³/mol. The van der Waals surface area contributed by atoms with E-state index in [1.807, 2.05) is 0 Å². The minimum absolute atomic E-state index is 0.0410. The molecule has 1 aliphatic rings. The van der Waals surface area contributed by atoms with E-state index in [4.69, 9.17) is 9.26 Å². The van der Waals surface area contributed by atoms with Crippen LogP contribution in [0.3, 0.4) is 0 Å². The number of hydrogen-bond acceptors (Lipinski definition) is 7. The molecular formula is C15H18N4O5S. The number of sulfonamides is 1. The Bertz CT molecular complexity index is 893. The minimum atomic E-state index is -3.36. The van der Waals surface area contributed by atoms with E-state index >= 15 is 0 Å². The highest BCUT2D eigenvalue weighted by Gasteiger charge is 2.30. The smallest absolute Gasteiger partial charge is 0.235 e. The average molecular weight is 366 g/mol. The maximum atomic E-state index is 12.2. The lowest BCUT2D eigenvalue weighted by Gasteiger charge is -2.20. The summed E-state index contributed by atoms with van der Waals surface area (Å²) < 4.78 is 35.7. The third-order valence-corrected chi connectivity index (χ3v) is 5.57. The SMILES string of the molecule is COc1ccc(NC(=O)Cc2noc(C)n2)cc1N1CCCS1(=O)=O. The summed E-state index contributed by atoms with van der Waals surface area (Å²) in [7, 11) is -1.88. The molecule has 1 fully saturated rings. The average Bonchev–Trinajstić information content (AvgIpc) is 3.11. The van der Waals surface area contributed by atoms with Gasteiger partial charge in [0.05, 0.1) is 25.0 Å². The molecule has 10 heteroatoms. The molecule has 1 saturated heterocycles. The van der Waals surface area contributed by atoms with E-state index in [-0.39, 0.29) is 23.9 Å². The zero-order valence-electron chi connectivity index (χ0n) is 13.9. The second-order valence-electron chi connectivity index (χ2n) is 5.58. The summed E-state index contributed by atoms with van der Waals surface area (Å²) in [5.41, 5.74) is 0.872. The molecule has 9 nitrogen and oxygen atoms in total. The summed E-state index contributed by atoms with van der Waals surface area (Å²) in [6.07, 6.45) is 0.514. The van der Waals surface area contributed by atoms with Gasteiger partial charge in [0.2, 0.25) is 21.8 Å². The second kappa shape index (κ2) is 6.71. The van der Waals surface area contributed by atoms with Crippen LogP contribution in [0.1, 0.15) is 18.1 Å². The second-order valence-corrected chi connectivity index (χ2v) is 7.60. The summed E-state index contributed by atoms with van der Waals surface area (Å²) in [4.78, 5) is 16.1. The molecule has 25 heavy (non-hydrogen) atoms. The van der Waals surface area contributed by atoms with Crippen LogP contribution in [-0.2, 0) is 21.2 Å². The van der Waals surface area contributed by atoms with Crippen molar-refractivity contribution in [1.29, 1.82) is 0 Å². The first-order chi connectivity index (χ1) is 11.9. The van der Waals surface area contributed by atoms with Crippen LogP contribution in [-0.4, -0.2) is 43.9 Å². The van der Waals surface area contributed by atoms with Crippen molar-refractivity contribution in [3.63, 3.8) is 0 Å². The number of anilines is 2. The van der Waals surface area contributed by atoms with Crippen molar-refractivity contribution in [2.75, 3.05) is 29.0 Å². The molecule has 1 aliphatic heterocycles. The number of nitrogens with zero attached hydrogens (tertiary/aromatic N) is 3.